The van der Waals surface area contributed by atoms with Crippen molar-refractivity contribution >= 4 is 15.9 Å². The molecule has 0 aliphatic rings. The number of carbonyl (C=O) groups excluding carboxylic acids is 1. The van der Waals surface area contributed by atoms with Crippen molar-refractivity contribution in [2.75, 3.05) is 7.11 Å². The normalized spacial score (nSPS) is 11.1. The molecular weight excluding hydrogens is 328 g/mol. The molecule has 0 aliphatic heterocycles. The monoisotopic (exact) mass is 348 g/mol. The lowest BCUT2D eigenvalue weighted by atomic mass is 10.1. The van der Waals surface area contributed by atoms with Crippen molar-refractivity contribution in [1.29, 1.82) is 0 Å². The Hall–Kier alpha value is -2.38. The molecule has 0 aliphatic carbocycles. The third-order valence-electron chi connectivity index (χ3n) is 3.63. The molecular formula is C17H20N2O4S. The molecule has 0 fully saturated rings. The van der Waals surface area contributed by atoms with Crippen molar-refractivity contribution in [1.82, 2.24) is 5.32 Å². The van der Waals surface area contributed by atoms with Crippen LogP contribution in [0.25, 0.3) is 0 Å². The number of rotatable bonds is 6. The Morgan fingerprint density at radius 1 is 1.17 bits per heavy atom. The summed E-state index contributed by atoms with van der Waals surface area (Å²) < 4.78 is 27.7. The molecule has 2 rings (SSSR count). The van der Waals surface area contributed by atoms with E-state index in [0.717, 1.165) is 23.3 Å². The molecule has 2 aromatic carbocycles. The first kappa shape index (κ1) is 18.0. The number of nitrogens with one attached hydrogen (secondary N) is 1. The second-order valence-corrected chi connectivity index (χ2v) is 6.81. The van der Waals surface area contributed by atoms with Crippen LogP contribution in [0.5, 0.6) is 5.75 Å². The lowest BCUT2D eigenvalue weighted by molar-refractivity contribution is 0.0950. The van der Waals surface area contributed by atoms with Gasteiger partial charge in [0, 0.05) is 12.1 Å². The van der Waals surface area contributed by atoms with Crippen molar-refractivity contribution in [2.24, 2.45) is 5.14 Å². The van der Waals surface area contributed by atoms with Crippen molar-refractivity contribution < 1.29 is 17.9 Å². The predicted molar refractivity (Wildman–Crippen MR) is 91.4 cm³/mol. The molecule has 7 heteroatoms. The molecule has 0 bridgehead atoms. The van der Waals surface area contributed by atoms with Gasteiger partial charge in [0.15, 0.2) is 0 Å². The van der Waals surface area contributed by atoms with Crippen LogP contribution < -0.4 is 15.2 Å². The van der Waals surface area contributed by atoms with Crippen molar-refractivity contribution in [3.05, 3.63) is 59.2 Å². The Morgan fingerprint density at radius 2 is 1.83 bits per heavy atom. The molecule has 3 N–H and O–H groups in total. The summed E-state index contributed by atoms with van der Waals surface area (Å²) >= 11 is 0. The fourth-order valence-electron chi connectivity index (χ4n) is 2.28. The molecule has 0 radical (unpaired) electrons. The number of nitrogens with two attached hydrogens (primary N) is 1. The van der Waals surface area contributed by atoms with E-state index in [1.165, 1.54) is 12.1 Å². The number of ether oxygens (including phenoxy) is 1. The quantitative estimate of drug-likeness (QED) is 0.832. The molecule has 2 aromatic rings. The molecule has 24 heavy (non-hydrogen) atoms. The van der Waals surface area contributed by atoms with Crippen molar-refractivity contribution in [3.63, 3.8) is 0 Å². The van der Waals surface area contributed by atoms with Gasteiger partial charge in [0.2, 0.25) is 10.0 Å². The Kier molecular flexibility index (Phi) is 5.58. The average Bonchev–Trinajstić information content (AvgIpc) is 2.58. The summed E-state index contributed by atoms with van der Waals surface area (Å²) in [6.07, 6.45) is 0.763. The average molecular weight is 348 g/mol. The standard InChI is InChI=1S/C17H20N2O4S/c1-3-13-10-14(6-9-16(13)23-2)17(20)19-11-12-4-7-15(8-5-12)24(18,21)22/h4-10H,3,11H2,1-2H3,(H,19,20)(H2,18,21,22). The van der Waals surface area contributed by atoms with Gasteiger partial charge in [-0.05, 0) is 47.9 Å². The minimum atomic E-state index is -3.71. The molecule has 0 saturated heterocycles. The van der Waals surface area contributed by atoms with Gasteiger partial charge in [0.05, 0.1) is 12.0 Å². The highest BCUT2D eigenvalue weighted by Gasteiger charge is 2.10. The number of methoxy groups -OCH3 is 1. The Balaban J connectivity index is 2.05. The molecule has 0 saturated carbocycles. The van der Waals surface area contributed by atoms with Gasteiger partial charge < -0.3 is 10.1 Å². The topological polar surface area (TPSA) is 98.5 Å². The Bertz CT molecular complexity index is 830. The number of carbonyl (C=O) groups is 1. The van der Waals surface area contributed by atoms with Crippen LogP contribution in [0.1, 0.15) is 28.4 Å². The Labute approximate surface area is 141 Å². The summed E-state index contributed by atoms with van der Waals surface area (Å²) in [5, 5.41) is 7.85. The first-order valence-corrected chi connectivity index (χ1v) is 8.96. The van der Waals surface area contributed by atoms with Crippen LogP contribution in [0.15, 0.2) is 47.4 Å². The van der Waals surface area contributed by atoms with Gasteiger partial charge in [0.1, 0.15) is 5.75 Å². The van der Waals surface area contributed by atoms with Crippen molar-refractivity contribution in [3.8, 4) is 5.75 Å². The van der Waals surface area contributed by atoms with Gasteiger partial charge in [0.25, 0.3) is 5.91 Å². The van der Waals surface area contributed by atoms with Gasteiger partial charge in [-0.3, -0.25) is 4.79 Å². The van der Waals surface area contributed by atoms with Crippen LogP contribution in [0.4, 0.5) is 0 Å². The maximum atomic E-state index is 12.2. The Morgan fingerprint density at radius 3 is 2.38 bits per heavy atom. The van der Waals surface area contributed by atoms with E-state index in [2.05, 4.69) is 5.32 Å². The lowest BCUT2D eigenvalue weighted by Crippen LogP contribution is -2.23. The van der Waals surface area contributed by atoms with Gasteiger partial charge in [-0.1, -0.05) is 19.1 Å². The van der Waals surface area contributed by atoms with Gasteiger partial charge >= 0.3 is 0 Å². The minimum Gasteiger partial charge on any atom is -0.496 e. The second kappa shape index (κ2) is 7.46. The third kappa shape index (κ3) is 4.33. The molecule has 6 nitrogen and oxygen atoms in total. The highest BCUT2D eigenvalue weighted by atomic mass is 32.2. The van der Waals surface area contributed by atoms with Crippen LogP contribution >= 0.6 is 0 Å². The second-order valence-electron chi connectivity index (χ2n) is 5.25. The summed E-state index contributed by atoms with van der Waals surface area (Å²) in [4.78, 5) is 12.3. The largest absolute Gasteiger partial charge is 0.496 e. The first-order valence-electron chi connectivity index (χ1n) is 7.42. The van der Waals surface area contributed by atoms with Gasteiger partial charge in [-0.25, -0.2) is 13.6 Å². The predicted octanol–water partition coefficient (Wildman–Crippen LogP) is 1.83. The maximum absolute atomic E-state index is 12.2. The highest BCUT2D eigenvalue weighted by Crippen LogP contribution is 2.20. The molecule has 0 unspecified atom stereocenters. The zero-order chi connectivity index (χ0) is 17.7. The molecule has 128 valence electrons. The van der Waals surface area contributed by atoms with E-state index in [0.29, 0.717) is 5.56 Å². The summed E-state index contributed by atoms with van der Waals surface area (Å²) in [6, 6.07) is 11.3. The third-order valence-corrected chi connectivity index (χ3v) is 4.56. The van der Waals surface area contributed by atoms with E-state index >= 15 is 0 Å². The molecule has 0 aromatic heterocycles. The molecule has 0 heterocycles. The van der Waals surface area contributed by atoms with Gasteiger partial charge in [-0.15, -0.1) is 0 Å². The molecule has 0 spiro atoms. The fraction of sp³-hybridized carbons (Fsp3) is 0.235. The summed E-state index contributed by atoms with van der Waals surface area (Å²) in [5.41, 5.74) is 2.29. The SMILES string of the molecule is CCc1cc(C(=O)NCc2ccc(S(N)(=O)=O)cc2)ccc1OC. The highest BCUT2D eigenvalue weighted by molar-refractivity contribution is 7.89. The van der Waals surface area contributed by atoms with E-state index in [-0.39, 0.29) is 17.3 Å². The van der Waals surface area contributed by atoms with Crippen LogP contribution in [0, 0.1) is 0 Å². The summed E-state index contributed by atoms with van der Waals surface area (Å²) in [6.45, 7) is 2.28. The number of benzene rings is 2. The van der Waals surface area contributed by atoms with E-state index in [4.69, 9.17) is 9.88 Å². The van der Waals surface area contributed by atoms with Crippen LogP contribution in [-0.4, -0.2) is 21.4 Å². The molecule has 0 atom stereocenters. The van der Waals surface area contributed by atoms with Crippen LogP contribution in [-0.2, 0) is 23.0 Å². The summed E-state index contributed by atoms with van der Waals surface area (Å²) in [5.74, 6) is 0.551. The number of amides is 1. The van der Waals surface area contributed by atoms with Crippen molar-refractivity contribution in [2.45, 2.75) is 24.8 Å². The lowest BCUT2D eigenvalue weighted by Gasteiger charge is -2.10. The molecule has 1 amide bonds. The fourth-order valence-corrected chi connectivity index (χ4v) is 2.79. The van der Waals surface area contributed by atoms with Crippen LogP contribution in [0.2, 0.25) is 0 Å². The van der Waals surface area contributed by atoms with Crippen LogP contribution in [0.3, 0.4) is 0 Å². The number of hydrogen-bond donors (Lipinski definition) is 2. The smallest absolute Gasteiger partial charge is 0.251 e. The van der Waals surface area contributed by atoms with E-state index in [1.54, 1.807) is 37.4 Å². The maximum Gasteiger partial charge on any atom is 0.251 e. The minimum absolute atomic E-state index is 0.0420. The van der Waals surface area contributed by atoms with E-state index < -0.39 is 10.0 Å². The van der Waals surface area contributed by atoms with Gasteiger partial charge in [-0.2, -0.15) is 0 Å². The summed E-state index contributed by atoms with van der Waals surface area (Å²) in [7, 11) is -2.11. The number of primary sulfonamides is 1. The van der Waals surface area contributed by atoms with E-state index in [1.807, 2.05) is 6.92 Å². The number of sulfonamides is 1. The first-order chi connectivity index (χ1) is 11.3. The zero-order valence-electron chi connectivity index (χ0n) is 13.6. The van der Waals surface area contributed by atoms with E-state index in [9.17, 15) is 13.2 Å². The number of hydrogen-bond acceptors (Lipinski definition) is 4. The zero-order valence-corrected chi connectivity index (χ0v) is 14.4. The number of aryl methyl sites for hydroxylation is 1.